The molecule has 2 N–H and O–H groups in total. The van der Waals surface area contributed by atoms with E-state index in [1.54, 1.807) is 11.8 Å². The van der Waals surface area contributed by atoms with Crippen molar-refractivity contribution in [3.8, 4) is 0 Å². The maximum atomic E-state index is 12.3. The highest BCUT2D eigenvalue weighted by molar-refractivity contribution is 7.98. The Hall–Kier alpha value is -1.49. The van der Waals surface area contributed by atoms with Gasteiger partial charge in [-0.05, 0) is 48.7 Å². The van der Waals surface area contributed by atoms with Crippen LogP contribution < -0.4 is 10.6 Å². The molecule has 0 bridgehead atoms. The molecule has 0 aliphatic heterocycles. The first-order valence-electron chi connectivity index (χ1n) is 6.98. The lowest BCUT2D eigenvalue weighted by molar-refractivity contribution is 0.102. The predicted molar refractivity (Wildman–Crippen MR) is 97.2 cm³/mol. The summed E-state index contributed by atoms with van der Waals surface area (Å²) in [4.78, 5) is 13.5. The lowest BCUT2D eigenvalue weighted by Gasteiger charge is -2.11. The zero-order valence-corrected chi connectivity index (χ0v) is 14.4. The summed E-state index contributed by atoms with van der Waals surface area (Å²) in [5.41, 5.74) is 2.62. The van der Waals surface area contributed by atoms with Crippen LogP contribution in [0.5, 0.6) is 0 Å². The molecule has 0 aliphatic rings. The molecule has 2 rings (SSSR count). The summed E-state index contributed by atoms with van der Waals surface area (Å²) in [6.45, 7) is 3.71. The zero-order valence-electron chi connectivity index (χ0n) is 12.8. The quantitative estimate of drug-likeness (QED) is 0.777. The summed E-state index contributed by atoms with van der Waals surface area (Å²) >= 11 is 1.66. The molecule has 5 heteroatoms. The fourth-order valence-electron chi connectivity index (χ4n) is 1.99. The average molecular weight is 337 g/mol. The van der Waals surface area contributed by atoms with Crippen LogP contribution in [0.25, 0.3) is 0 Å². The Morgan fingerprint density at radius 2 is 1.77 bits per heavy atom. The molecule has 118 valence electrons. The monoisotopic (exact) mass is 336 g/mol. The lowest BCUT2D eigenvalue weighted by Crippen LogP contribution is -2.17. The molecular weight excluding hydrogens is 316 g/mol. The Labute approximate surface area is 142 Å². The van der Waals surface area contributed by atoms with Crippen LogP contribution in [0.3, 0.4) is 0 Å². The predicted octanol–water partition coefficient (Wildman–Crippen LogP) is 4.19. The normalized spacial score (nSPS) is 9.91. The third-order valence-electron chi connectivity index (χ3n) is 3.18. The molecule has 2 aromatic carbocycles. The summed E-state index contributed by atoms with van der Waals surface area (Å²) in [6, 6.07) is 15.5. The van der Waals surface area contributed by atoms with Gasteiger partial charge in [0.15, 0.2) is 0 Å². The third kappa shape index (κ3) is 5.05. The number of anilines is 1. The van der Waals surface area contributed by atoms with Crippen molar-refractivity contribution >= 4 is 35.8 Å². The number of benzene rings is 2. The number of para-hydroxylation sites is 1. The Kier molecular flexibility index (Phi) is 8.02. The van der Waals surface area contributed by atoms with E-state index in [4.69, 9.17) is 0 Å². The van der Waals surface area contributed by atoms with Crippen LogP contribution in [0, 0.1) is 0 Å². The first kappa shape index (κ1) is 18.6. The Balaban J connectivity index is 0.00000242. The number of hydrogen-bond acceptors (Lipinski definition) is 3. The molecule has 2 aromatic rings. The fraction of sp³-hybridized carbons (Fsp3) is 0.235. The molecule has 3 nitrogen and oxygen atoms in total. The minimum atomic E-state index is -0.0772. The third-order valence-corrected chi connectivity index (χ3v) is 3.93. The Morgan fingerprint density at radius 1 is 1.09 bits per heavy atom. The maximum Gasteiger partial charge on any atom is 0.255 e. The van der Waals surface area contributed by atoms with Gasteiger partial charge < -0.3 is 10.6 Å². The highest BCUT2D eigenvalue weighted by Crippen LogP contribution is 2.18. The van der Waals surface area contributed by atoms with E-state index in [2.05, 4.69) is 17.6 Å². The highest BCUT2D eigenvalue weighted by Gasteiger charge is 2.08. The molecule has 1 amide bonds. The van der Waals surface area contributed by atoms with Crippen LogP contribution in [-0.2, 0) is 6.54 Å². The van der Waals surface area contributed by atoms with Gasteiger partial charge in [0.2, 0.25) is 0 Å². The van der Waals surface area contributed by atoms with Gasteiger partial charge in [0.1, 0.15) is 0 Å². The second kappa shape index (κ2) is 9.51. The van der Waals surface area contributed by atoms with Gasteiger partial charge in [-0.3, -0.25) is 4.79 Å². The zero-order chi connectivity index (χ0) is 15.1. The van der Waals surface area contributed by atoms with Crippen molar-refractivity contribution in [1.82, 2.24) is 5.32 Å². The number of carbonyl (C=O) groups excluding carboxylic acids is 1. The highest BCUT2D eigenvalue weighted by atomic mass is 35.5. The van der Waals surface area contributed by atoms with Crippen molar-refractivity contribution in [3.63, 3.8) is 0 Å². The number of thioether (sulfide) groups is 1. The van der Waals surface area contributed by atoms with Gasteiger partial charge >= 0.3 is 0 Å². The van der Waals surface area contributed by atoms with Gasteiger partial charge in [0.25, 0.3) is 5.91 Å². The number of hydrogen-bond donors (Lipinski definition) is 2. The Morgan fingerprint density at radius 3 is 2.41 bits per heavy atom. The SMILES string of the molecule is CCNCc1ccccc1NC(=O)c1ccc(SC)cc1.Cl. The molecule has 22 heavy (non-hydrogen) atoms. The molecular formula is C17H21ClN2OS. The van der Waals surface area contributed by atoms with E-state index < -0.39 is 0 Å². The number of carbonyl (C=O) groups is 1. The van der Waals surface area contributed by atoms with Crippen LogP contribution in [0.1, 0.15) is 22.8 Å². The van der Waals surface area contributed by atoms with E-state index in [1.807, 2.05) is 54.8 Å². The maximum absolute atomic E-state index is 12.3. The molecule has 0 heterocycles. The van der Waals surface area contributed by atoms with Crippen molar-refractivity contribution in [1.29, 1.82) is 0 Å². The van der Waals surface area contributed by atoms with Crippen LogP contribution in [0.4, 0.5) is 5.69 Å². The second-order valence-corrected chi connectivity index (χ2v) is 5.50. The van der Waals surface area contributed by atoms with Gasteiger partial charge in [-0.2, -0.15) is 0 Å². The van der Waals surface area contributed by atoms with E-state index in [0.717, 1.165) is 29.2 Å². The van der Waals surface area contributed by atoms with Gasteiger partial charge in [-0.25, -0.2) is 0 Å². The summed E-state index contributed by atoms with van der Waals surface area (Å²) < 4.78 is 0. The summed E-state index contributed by atoms with van der Waals surface area (Å²) in [6.07, 6.45) is 2.02. The molecule has 0 fully saturated rings. The standard InChI is InChI=1S/C17H20N2OS.ClH/c1-3-18-12-14-6-4-5-7-16(14)19-17(20)13-8-10-15(21-2)11-9-13;/h4-11,18H,3,12H2,1-2H3,(H,19,20);1H. The second-order valence-electron chi connectivity index (χ2n) is 4.62. The van der Waals surface area contributed by atoms with Gasteiger partial charge in [-0.1, -0.05) is 25.1 Å². The van der Waals surface area contributed by atoms with Crippen LogP contribution in [-0.4, -0.2) is 18.7 Å². The Bertz CT molecular complexity index is 602. The van der Waals surface area contributed by atoms with E-state index in [9.17, 15) is 4.79 Å². The summed E-state index contributed by atoms with van der Waals surface area (Å²) in [5, 5.41) is 6.27. The van der Waals surface area contributed by atoms with Crippen LogP contribution >= 0.6 is 24.2 Å². The molecule has 0 radical (unpaired) electrons. The van der Waals surface area contributed by atoms with Gasteiger partial charge in [0.05, 0.1) is 0 Å². The summed E-state index contributed by atoms with van der Waals surface area (Å²) in [5.74, 6) is -0.0772. The molecule has 0 atom stereocenters. The number of halogens is 1. The van der Waals surface area contributed by atoms with E-state index in [0.29, 0.717) is 5.56 Å². The number of rotatable bonds is 6. The topological polar surface area (TPSA) is 41.1 Å². The average Bonchev–Trinajstić information content (AvgIpc) is 2.54. The van der Waals surface area contributed by atoms with E-state index >= 15 is 0 Å². The van der Waals surface area contributed by atoms with Crippen molar-refractivity contribution in [2.45, 2.75) is 18.4 Å². The van der Waals surface area contributed by atoms with Crippen molar-refractivity contribution in [2.75, 3.05) is 18.1 Å². The number of nitrogens with one attached hydrogen (secondary N) is 2. The molecule has 0 aromatic heterocycles. The summed E-state index contributed by atoms with van der Waals surface area (Å²) in [7, 11) is 0. The van der Waals surface area contributed by atoms with Crippen molar-refractivity contribution in [3.05, 3.63) is 59.7 Å². The van der Waals surface area contributed by atoms with Crippen molar-refractivity contribution in [2.24, 2.45) is 0 Å². The molecule has 0 spiro atoms. The van der Waals surface area contributed by atoms with Crippen LogP contribution in [0.2, 0.25) is 0 Å². The molecule has 0 saturated carbocycles. The molecule has 0 aliphatic carbocycles. The van der Waals surface area contributed by atoms with Crippen LogP contribution in [0.15, 0.2) is 53.4 Å². The number of amides is 1. The fourth-order valence-corrected chi connectivity index (χ4v) is 2.40. The first-order valence-corrected chi connectivity index (χ1v) is 8.21. The molecule has 0 saturated heterocycles. The minimum Gasteiger partial charge on any atom is -0.322 e. The van der Waals surface area contributed by atoms with Gasteiger partial charge in [0, 0.05) is 22.7 Å². The van der Waals surface area contributed by atoms with Crippen molar-refractivity contribution < 1.29 is 4.79 Å². The largest absolute Gasteiger partial charge is 0.322 e. The first-order chi connectivity index (χ1) is 10.2. The van der Waals surface area contributed by atoms with E-state index in [-0.39, 0.29) is 18.3 Å². The van der Waals surface area contributed by atoms with E-state index in [1.165, 1.54) is 0 Å². The van der Waals surface area contributed by atoms with Gasteiger partial charge in [-0.15, -0.1) is 24.2 Å². The lowest BCUT2D eigenvalue weighted by atomic mass is 10.1. The molecule has 0 unspecified atom stereocenters. The minimum absolute atomic E-state index is 0. The smallest absolute Gasteiger partial charge is 0.255 e.